The molecular weight excluding hydrogens is 262 g/mol. The van der Waals surface area contributed by atoms with Gasteiger partial charge in [-0.05, 0) is 38.1 Å². The van der Waals surface area contributed by atoms with E-state index in [2.05, 4.69) is 11.9 Å². The average Bonchev–Trinajstić information content (AvgIpc) is 2.79. The van der Waals surface area contributed by atoms with Crippen molar-refractivity contribution < 1.29 is 4.74 Å². The van der Waals surface area contributed by atoms with Crippen molar-refractivity contribution in [2.45, 2.75) is 26.3 Å². The highest BCUT2D eigenvalue weighted by Gasteiger charge is 2.15. The third-order valence-electron chi connectivity index (χ3n) is 3.34. The zero-order chi connectivity index (χ0) is 14.8. The molecule has 0 aliphatic rings. The van der Waals surface area contributed by atoms with Crippen molar-refractivity contribution in [1.29, 1.82) is 0 Å². The lowest BCUT2D eigenvalue weighted by Gasteiger charge is -2.09. The highest BCUT2D eigenvalue weighted by molar-refractivity contribution is 5.47. The van der Waals surface area contributed by atoms with Gasteiger partial charge < -0.3 is 14.9 Å². The van der Waals surface area contributed by atoms with E-state index in [0.29, 0.717) is 12.3 Å². The molecule has 0 fully saturated rings. The topological polar surface area (TPSA) is 52.5 Å². The normalized spacial score (nSPS) is 12.5. The lowest BCUT2D eigenvalue weighted by atomic mass is 10.2. The van der Waals surface area contributed by atoms with Gasteiger partial charge in [-0.15, -0.1) is 0 Å². The maximum absolute atomic E-state index is 5.96. The first-order chi connectivity index (χ1) is 10.1. The minimum absolute atomic E-state index is 0.0467. The van der Waals surface area contributed by atoms with Gasteiger partial charge in [0.25, 0.3) is 0 Å². The van der Waals surface area contributed by atoms with Gasteiger partial charge in [0.15, 0.2) is 0 Å². The van der Waals surface area contributed by atoms with Crippen molar-refractivity contribution in [2.24, 2.45) is 5.73 Å². The van der Waals surface area contributed by atoms with E-state index in [1.165, 1.54) is 5.56 Å². The zero-order valence-corrected chi connectivity index (χ0v) is 12.3. The van der Waals surface area contributed by atoms with Crippen molar-refractivity contribution in [1.82, 2.24) is 9.38 Å². The molecule has 0 saturated heterocycles. The molecule has 4 heteroatoms. The van der Waals surface area contributed by atoms with E-state index in [0.717, 1.165) is 17.1 Å². The Morgan fingerprint density at radius 1 is 1.19 bits per heavy atom. The summed E-state index contributed by atoms with van der Waals surface area (Å²) in [6.07, 6.45) is 2.70. The summed E-state index contributed by atoms with van der Waals surface area (Å²) >= 11 is 0. The highest BCUT2D eigenvalue weighted by atomic mass is 16.5. The van der Waals surface area contributed by atoms with Crippen LogP contribution in [-0.2, 0) is 6.42 Å². The molecule has 21 heavy (non-hydrogen) atoms. The molecule has 2 heterocycles. The van der Waals surface area contributed by atoms with Gasteiger partial charge >= 0.3 is 0 Å². The Bertz CT molecular complexity index is 744. The van der Waals surface area contributed by atoms with Crippen LogP contribution in [0.5, 0.6) is 11.6 Å². The standard InChI is InChI=1S/C17H19N3O/c1-12-6-8-14(9-7-12)21-17-15(11-13(2)18)20-10-4-3-5-16(20)19-17/h3-10,13H,11,18H2,1-2H3. The third kappa shape index (κ3) is 2.90. The van der Waals surface area contributed by atoms with Crippen LogP contribution >= 0.6 is 0 Å². The number of hydrogen-bond acceptors (Lipinski definition) is 3. The molecule has 1 unspecified atom stereocenters. The number of imidazole rings is 1. The molecule has 0 spiro atoms. The summed E-state index contributed by atoms with van der Waals surface area (Å²) in [5.41, 5.74) is 9.03. The van der Waals surface area contributed by atoms with Crippen molar-refractivity contribution in [3.05, 3.63) is 59.9 Å². The SMILES string of the molecule is Cc1ccc(Oc2nc3ccccn3c2CC(C)N)cc1. The molecule has 0 amide bonds. The molecule has 1 aromatic carbocycles. The molecule has 3 rings (SSSR count). The van der Waals surface area contributed by atoms with Crippen LogP contribution in [0.15, 0.2) is 48.7 Å². The molecule has 3 aromatic rings. The summed E-state index contributed by atoms with van der Waals surface area (Å²) < 4.78 is 8.00. The fourth-order valence-corrected chi connectivity index (χ4v) is 2.32. The van der Waals surface area contributed by atoms with E-state index < -0.39 is 0 Å². The molecule has 0 aliphatic heterocycles. The van der Waals surface area contributed by atoms with Gasteiger partial charge in [-0.2, -0.15) is 4.98 Å². The van der Waals surface area contributed by atoms with Gasteiger partial charge in [0.2, 0.25) is 5.88 Å². The Morgan fingerprint density at radius 2 is 1.95 bits per heavy atom. The predicted octanol–water partition coefficient (Wildman–Crippen LogP) is 3.32. The molecule has 0 bridgehead atoms. The largest absolute Gasteiger partial charge is 0.437 e. The summed E-state index contributed by atoms with van der Waals surface area (Å²) in [5.74, 6) is 1.41. The zero-order valence-electron chi connectivity index (χ0n) is 12.3. The molecule has 0 aliphatic carbocycles. The van der Waals surface area contributed by atoms with Gasteiger partial charge in [0.1, 0.15) is 11.4 Å². The van der Waals surface area contributed by atoms with Crippen LogP contribution < -0.4 is 10.5 Å². The number of benzene rings is 1. The second-order valence-corrected chi connectivity index (χ2v) is 5.39. The lowest BCUT2D eigenvalue weighted by molar-refractivity contribution is 0.456. The van der Waals surface area contributed by atoms with E-state index in [1.54, 1.807) is 0 Å². The van der Waals surface area contributed by atoms with E-state index in [9.17, 15) is 0 Å². The number of pyridine rings is 1. The van der Waals surface area contributed by atoms with Crippen molar-refractivity contribution in [3.63, 3.8) is 0 Å². The first kappa shape index (κ1) is 13.6. The number of rotatable bonds is 4. The van der Waals surface area contributed by atoms with Crippen molar-refractivity contribution >= 4 is 5.65 Å². The van der Waals surface area contributed by atoms with Crippen LogP contribution in [-0.4, -0.2) is 15.4 Å². The lowest BCUT2D eigenvalue weighted by Crippen LogP contribution is -2.19. The summed E-state index contributed by atoms with van der Waals surface area (Å²) in [4.78, 5) is 4.57. The van der Waals surface area contributed by atoms with Gasteiger partial charge in [-0.3, -0.25) is 0 Å². The van der Waals surface area contributed by atoms with Crippen LogP contribution in [0.2, 0.25) is 0 Å². The Hall–Kier alpha value is -2.33. The van der Waals surface area contributed by atoms with E-state index in [4.69, 9.17) is 10.5 Å². The van der Waals surface area contributed by atoms with Gasteiger partial charge in [0, 0.05) is 18.7 Å². The number of nitrogens with zero attached hydrogens (tertiary/aromatic N) is 2. The maximum Gasteiger partial charge on any atom is 0.241 e. The number of fused-ring (bicyclic) bond motifs is 1. The number of aromatic nitrogens is 2. The molecule has 0 saturated carbocycles. The third-order valence-corrected chi connectivity index (χ3v) is 3.34. The number of ether oxygens (including phenoxy) is 1. The highest BCUT2D eigenvalue weighted by Crippen LogP contribution is 2.26. The monoisotopic (exact) mass is 281 g/mol. The smallest absolute Gasteiger partial charge is 0.241 e. The number of aryl methyl sites for hydroxylation is 1. The molecule has 4 nitrogen and oxygen atoms in total. The van der Waals surface area contributed by atoms with Crippen LogP contribution in [0.3, 0.4) is 0 Å². The minimum Gasteiger partial charge on any atom is -0.437 e. The summed E-state index contributed by atoms with van der Waals surface area (Å²) in [6, 6.07) is 13.9. The summed E-state index contributed by atoms with van der Waals surface area (Å²) in [6.45, 7) is 4.04. The molecular formula is C17H19N3O. The quantitative estimate of drug-likeness (QED) is 0.798. The Morgan fingerprint density at radius 3 is 2.67 bits per heavy atom. The predicted molar refractivity (Wildman–Crippen MR) is 83.8 cm³/mol. The van der Waals surface area contributed by atoms with E-state index in [-0.39, 0.29) is 6.04 Å². The van der Waals surface area contributed by atoms with Crippen LogP contribution in [0, 0.1) is 6.92 Å². The molecule has 2 aromatic heterocycles. The van der Waals surface area contributed by atoms with Gasteiger partial charge in [0.05, 0.1) is 5.69 Å². The Labute approximate surface area is 124 Å². The second kappa shape index (κ2) is 5.58. The fourth-order valence-electron chi connectivity index (χ4n) is 2.32. The van der Waals surface area contributed by atoms with Crippen LogP contribution in [0.4, 0.5) is 0 Å². The first-order valence-corrected chi connectivity index (χ1v) is 7.09. The summed E-state index contributed by atoms with van der Waals surface area (Å²) in [5, 5.41) is 0. The van der Waals surface area contributed by atoms with Crippen molar-refractivity contribution in [2.75, 3.05) is 0 Å². The molecule has 1 atom stereocenters. The Kier molecular flexibility index (Phi) is 3.62. The van der Waals surface area contributed by atoms with Crippen molar-refractivity contribution in [3.8, 4) is 11.6 Å². The average molecular weight is 281 g/mol. The first-order valence-electron chi connectivity index (χ1n) is 7.09. The number of nitrogens with two attached hydrogens (primary N) is 1. The Balaban J connectivity index is 2.02. The molecule has 2 N–H and O–H groups in total. The summed E-state index contributed by atoms with van der Waals surface area (Å²) in [7, 11) is 0. The van der Waals surface area contributed by atoms with E-state index >= 15 is 0 Å². The van der Waals surface area contributed by atoms with E-state index in [1.807, 2.05) is 60.0 Å². The van der Waals surface area contributed by atoms with Crippen LogP contribution in [0.25, 0.3) is 5.65 Å². The van der Waals surface area contributed by atoms with Gasteiger partial charge in [-0.1, -0.05) is 23.8 Å². The van der Waals surface area contributed by atoms with Crippen LogP contribution in [0.1, 0.15) is 18.2 Å². The number of hydrogen-bond donors (Lipinski definition) is 1. The fraction of sp³-hybridized carbons (Fsp3) is 0.235. The molecule has 0 radical (unpaired) electrons. The minimum atomic E-state index is 0.0467. The maximum atomic E-state index is 5.96. The molecule has 108 valence electrons. The van der Waals surface area contributed by atoms with Gasteiger partial charge in [-0.25, -0.2) is 0 Å². The second-order valence-electron chi connectivity index (χ2n) is 5.39.